The first-order valence-electron chi connectivity index (χ1n) is 9.12. The summed E-state index contributed by atoms with van der Waals surface area (Å²) in [7, 11) is 0. The molecule has 0 bridgehead atoms. The summed E-state index contributed by atoms with van der Waals surface area (Å²) < 4.78 is 2.10. The first-order valence-corrected chi connectivity index (χ1v) is 9.94. The van der Waals surface area contributed by atoms with Gasteiger partial charge in [-0.05, 0) is 49.7 Å². The maximum absolute atomic E-state index is 5.60. The number of hydrogen-bond acceptors (Lipinski definition) is 8. The largest absolute Gasteiger partial charge is 0.370 e. The Balaban J connectivity index is 1.61. The second-order valence-electron chi connectivity index (χ2n) is 6.39. The Hall–Kier alpha value is -3.04. The molecule has 4 aromatic rings. The molecule has 9 heteroatoms. The van der Waals surface area contributed by atoms with Gasteiger partial charge in [-0.15, -0.1) is 0 Å². The number of rotatable bonds is 8. The fourth-order valence-corrected chi connectivity index (χ4v) is 3.67. The molecule has 4 aromatic heterocycles. The Kier molecular flexibility index (Phi) is 5.45. The lowest BCUT2D eigenvalue weighted by Crippen LogP contribution is -2.11. The predicted molar refractivity (Wildman–Crippen MR) is 113 cm³/mol. The van der Waals surface area contributed by atoms with Crippen molar-refractivity contribution in [1.82, 2.24) is 24.5 Å². The number of anilines is 3. The molecule has 0 fully saturated rings. The fourth-order valence-electron chi connectivity index (χ4n) is 2.85. The number of fused-ring (bicyclic) bond motifs is 1. The van der Waals surface area contributed by atoms with Crippen LogP contribution in [-0.2, 0) is 6.54 Å². The predicted octanol–water partition coefficient (Wildman–Crippen LogP) is 3.14. The van der Waals surface area contributed by atoms with Crippen molar-refractivity contribution < 1.29 is 0 Å². The van der Waals surface area contributed by atoms with E-state index in [9.17, 15) is 0 Å². The molecular weight excluding hydrogens is 372 g/mol. The van der Waals surface area contributed by atoms with Gasteiger partial charge >= 0.3 is 0 Å². The summed E-state index contributed by atoms with van der Waals surface area (Å²) in [4.78, 5) is 18.8. The van der Waals surface area contributed by atoms with E-state index >= 15 is 0 Å². The van der Waals surface area contributed by atoms with Crippen LogP contribution in [0.4, 0.5) is 16.8 Å². The molecular formula is C19H22N8S. The van der Waals surface area contributed by atoms with Crippen LogP contribution in [0.25, 0.3) is 10.3 Å². The van der Waals surface area contributed by atoms with Gasteiger partial charge in [0.25, 0.3) is 0 Å². The Morgan fingerprint density at radius 1 is 1.14 bits per heavy atom. The Morgan fingerprint density at radius 2 is 2.04 bits per heavy atom. The summed E-state index contributed by atoms with van der Waals surface area (Å²) in [5.41, 5.74) is 7.60. The SMILES string of the molecule is Cc1nccn1Cc1cc(NCCCN)nc(Nc2nc3cccnc3s2)c1. The Bertz CT molecular complexity index is 1040. The van der Waals surface area contributed by atoms with Crippen molar-refractivity contribution in [2.45, 2.75) is 19.9 Å². The first-order chi connectivity index (χ1) is 13.7. The number of nitrogens with one attached hydrogen (secondary N) is 2. The van der Waals surface area contributed by atoms with E-state index < -0.39 is 0 Å². The lowest BCUT2D eigenvalue weighted by Gasteiger charge is -2.12. The van der Waals surface area contributed by atoms with E-state index in [1.54, 1.807) is 6.20 Å². The average molecular weight is 395 g/mol. The molecule has 8 nitrogen and oxygen atoms in total. The zero-order chi connectivity index (χ0) is 19.3. The minimum Gasteiger partial charge on any atom is -0.370 e. The molecule has 144 valence electrons. The van der Waals surface area contributed by atoms with Gasteiger partial charge < -0.3 is 20.9 Å². The zero-order valence-electron chi connectivity index (χ0n) is 15.6. The van der Waals surface area contributed by atoms with Gasteiger partial charge in [0.1, 0.15) is 27.8 Å². The molecule has 0 radical (unpaired) electrons. The number of pyridine rings is 2. The van der Waals surface area contributed by atoms with E-state index in [-0.39, 0.29) is 0 Å². The standard InChI is InChI=1S/C19H22N8S/c1-13-21-8-9-27(13)12-14-10-16(22-7-3-5-20)25-17(11-14)26-19-24-15-4-2-6-23-18(15)28-19/h2,4,6,8-11H,3,5,7,12,20H2,1H3,(H2,22,24,25,26). The highest BCUT2D eigenvalue weighted by Crippen LogP contribution is 2.27. The molecule has 4 heterocycles. The molecule has 0 atom stereocenters. The molecule has 0 saturated heterocycles. The summed E-state index contributed by atoms with van der Waals surface area (Å²) in [5, 5.41) is 7.44. The third-order valence-corrected chi connectivity index (χ3v) is 5.14. The van der Waals surface area contributed by atoms with E-state index in [1.165, 1.54) is 11.3 Å². The zero-order valence-corrected chi connectivity index (χ0v) is 16.4. The van der Waals surface area contributed by atoms with E-state index in [4.69, 9.17) is 5.73 Å². The maximum Gasteiger partial charge on any atom is 0.190 e. The van der Waals surface area contributed by atoms with Crippen LogP contribution >= 0.6 is 11.3 Å². The molecule has 0 aromatic carbocycles. The van der Waals surface area contributed by atoms with Crippen molar-refractivity contribution in [3.05, 3.63) is 54.2 Å². The highest BCUT2D eigenvalue weighted by Gasteiger charge is 2.09. The van der Waals surface area contributed by atoms with E-state index in [1.807, 2.05) is 37.5 Å². The van der Waals surface area contributed by atoms with Crippen LogP contribution in [-0.4, -0.2) is 37.6 Å². The van der Waals surface area contributed by atoms with Crippen molar-refractivity contribution in [3.8, 4) is 0 Å². The van der Waals surface area contributed by atoms with Crippen molar-refractivity contribution in [2.75, 3.05) is 23.7 Å². The summed E-state index contributed by atoms with van der Waals surface area (Å²) in [6.45, 7) is 4.14. The average Bonchev–Trinajstić information content (AvgIpc) is 3.27. The number of imidazole rings is 1. The van der Waals surface area contributed by atoms with Gasteiger partial charge in [0, 0.05) is 31.7 Å². The first kappa shape index (κ1) is 18.3. The number of nitrogens with zero attached hydrogens (tertiary/aromatic N) is 5. The second-order valence-corrected chi connectivity index (χ2v) is 7.37. The van der Waals surface area contributed by atoms with Crippen LogP contribution in [0.3, 0.4) is 0 Å². The quantitative estimate of drug-likeness (QED) is 0.394. The fraction of sp³-hybridized carbons (Fsp3) is 0.263. The molecule has 0 aliphatic rings. The molecule has 28 heavy (non-hydrogen) atoms. The minimum atomic E-state index is 0.644. The van der Waals surface area contributed by atoms with Crippen molar-refractivity contribution in [2.24, 2.45) is 5.73 Å². The van der Waals surface area contributed by atoms with E-state index in [0.717, 1.165) is 58.0 Å². The molecule has 4 rings (SSSR count). The van der Waals surface area contributed by atoms with Crippen molar-refractivity contribution >= 4 is 38.5 Å². The number of hydrogen-bond donors (Lipinski definition) is 3. The van der Waals surface area contributed by atoms with Gasteiger partial charge in [-0.3, -0.25) is 0 Å². The summed E-state index contributed by atoms with van der Waals surface area (Å²) in [5.74, 6) is 2.52. The topological polar surface area (TPSA) is 107 Å². The van der Waals surface area contributed by atoms with Gasteiger partial charge in [0.15, 0.2) is 5.13 Å². The second kappa shape index (κ2) is 8.32. The maximum atomic E-state index is 5.60. The molecule has 0 saturated carbocycles. The van der Waals surface area contributed by atoms with Crippen molar-refractivity contribution in [3.63, 3.8) is 0 Å². The molecule has 0 spiro atoms. The van der Waals surface area contributed by atoms with Crippen LogP contribution < -0.4 is 16.4 Å². The van der Waals surface area contributed by atoms with Gasteiger partial charge in [-0.25, -0.2) is 19.9 Å². The van der Waals surface area contributed by atoms with E-state index in [0.29, 0.717) is 6.54 Å². The number of aryl methyl sites for hydroxylation is 1. The van der Waals surface area contributed by atoms with Crippen LogP contribution in [0.5, 0.6) is 0 Å². The normalized spacial score (nSPS) is 11.1. The molecule has 0 aliphatic heterocycles. The van der Waals surface area contributed by atoms with Gasteiger partial charge in [-0.1, -0.05) is 11.3 Å². The number of aromatic nitrogens is 5. The third-order valence-electron chi connectivity index (χ3n) is 4.25. The highest BCUT2D eigenvalue weighted by atomic mass is 32.1. The highest BCUT2D eigenvalue weighted by molar-refractivity contribution is 7.21. The van der Waals surface area contributed by atoms with E-state index in [2.05, 4.69) is 41.2 Å². The molecule has 0 amide bonds. The Labute approximate surface area is 166 Å². The molecule has 0 unspecified atom stereocenters. The number of nitrogens with two attached hydrogens (primary N) is 1. The monoisotopic (exact) mass is 394 g/mol. The summed E-state index contributed by atoms with van der Waals surface area (Å²) in [6, 6.07) is 7.93. The van der Waals surface area contributed by atoms with Gasteiger partial charge in [-0.2, -0.15) is 0 Å². The van der Waals surface area contributed by atoms with Crippen LogP contribution in [0.15, 0.2) is 42.9 Å². The van der Waals surface area contributed by atoms with Crippen molar-refractivity contribution in [1.29, 1.82) is 0 Å². The lowest BCUT2D eigenvalue weighted by molar-refractivity contribution is 0.760. The van der Waals surface area contributed by atoms with Crippen LogP contribution in [0, 0.1) is 6.92 Å². The smallest absolute Gasteiger partial charge is 0.190 e. The lowest BCUT2D eigenvalue weighted by atomic mass is 10.2. The Morgan fingerprint density at radius 3 is 2.82 bits per heavy atom. The number of thiazole rings is 1. The summed E-state index contributed by atoms with van der Waals surface area (Å²) >= 11 is 1.51. The summed E-state index contributed by atoms with van der Waals surface area (Å²) in [6.07, 6.45) is 6.45. The molecule has 0 aliphatic carbocycles. The van der Waals surface area contributed by atoms with Gasteiger partial charge in [0.05, 0.1) is 0 Å². The van der Waals surface area contributed by atoms with Crippen LogP contribution in [0.2, 0.25) is 0 Å². The van der Waals surface area contributed by atoms with Crippen LogP contribution in [0.1, 0.15) is 17.8 Å². The molecule has 4 N–H and O–H groups in total. The third kappa shape index (κ3) is 4.26. The van der Waals surface area contributed by atoms with Gasteiger partial charge in [0.2, 0.25) is 0 Å². The minimum absolute atomic E-state index is 0.644.